The molecule has 1 fully saturated rings. The van der Waals surface area contributed by atoms with Gasteiger partial charge in [-0.1, -0.05) is 6.92 Å². The van der Waals surface area contributed by atoms with Crippen molar-refractivity contribution in [1.29, 1.82) is 10.5 Å². The van der Waals surface area contributed by atoms with Crippen molar-refractivity contribution in [2.45, 2.75) is 45.2 Å². The number of rotatable bonds is 8. The maximum atomic E-state index is 9.19. The van der Waals surface area contributed by atoms with E-state index >= 15 is 0 Å². The predicted octanol–water partition coefficient (Wildman–Crippen LogP) is 2.19. The van der Waals surface area contributed by atoms with E-state index in [1.807, 2.05) is 0 Å². The molecule has 0 amide bonds. The second-order valence-corrected chi connectivity index (χ2v) is 6.21. The third-order valence-corrected chi connectivity index (χ3v) is 4.47. The molecule has 1 saturated heterocycles. The number of nitrogens with zero attached hydrogens (tertiary/aromatic N) is 5. The molecule has 6 heteroatoms. The Morgan fingerprint density at radius 1 is 1.52 bits per heavy atom. The van der Waals surface area contributed by atoms with Gasteiger partial charge in [-0.3, -0.25) is 4.90 Å². The van der Waals surface area contributed by atoms with Gasteiger partial charge in [-0.15, -0.1) is 0 Å². The van der Waals surface area contributed by atoms with E-state index in [9.17, 15) is 5.26 Å². The Labute approximate surface area is 138 Å². The van der Waals surface area contributed by atoms with Crippen LogP contribution in [0.4, 0.5) is 0 Å². The lowest BCUT2D eigenvalue weighted by atomic mass is 10.1. The number of hydrogen-bond acceptors (Lipinski definition) is 6. The third-order valence-electron chi connectivity index (χ3n) is 4.47. The minimum atomic E-state index is -0.0439. The topological polar surface area (TPSA) is 80.1 Å². The van der Waals surface area contributed by atoms with E-state index in [1.165, 1.54) is 0 Å². The summed E-state index contributed by atoms with van der Waals surface area (Å²) in [5.74, 6) is 1.65. The van der Waals surface area contributed by atoms with E-state index in [1.54, 1.807) is 6.20 Å². The van der Waals surface area contributed by atoms with Gasteiger partial charge >= 0.3 is 0 Å². The molecule has 0 bridgehead atoms. The van der Waals surface area contributed by atoms with E-state index in [-0.39, 0.29) is 5.92 Å². The molecule has 2 atom stereocenters. The number of aromatic nitrogens is 1. The zero-order valence-corrected chi connectivity index (χ0v) is 14.0. The molecule has 0 spiro atoms. The van der Waals surface area contributed by atoms with Gasteiger partial charge in [0.1, 0.15) is 5.76 Å². The molecule has 23 heavy (non-hydrogen) atoms. The molecule has 1 aromatic rings. The van der Waals surface area contributed by atoms with Gasteiger partial charge in [0, 0.05) is 32.0 Å². The fourth-order valence-electron chi connectivity index (χ4n) is 3.01. The van der Waals surface area contributed by atoms with Gasteiger partial charge in [0.2, 0.25) is 5.89 Å². The summed E-state index contributed by atoms with van der Waals surface area (Å²) in [6.07, 6.45) is 4.89. The molecule has 1 aliphatic rings. The highest BCUT2D eigenvalue weighted by molar-refractivity contribution is 4.95. The number of likely N-dealkylation sites (tertiary alicyclic amines) is 1. The van der Waals surface area contributed by atoms with E-state index in [4.69, 9.17) is 9.68 Å². The van der Waals surface area contributed by atoms with Gasteiger partial charge in [-0.05, 0) is 26.4 Å². The van der Waals surface area contributed by atoms with Crippen LogP contribution in [0.2, 0.25) is 0 Å². The molecule has 0 radical (unpaired) electrons. The monoisotopic (exact) mass is 315 g/mol. The summed E-state index contributed by atoms with van der Waals surface area (Å²) < 4.78 is 5.68. The summed E-state index contributed by atoms with van der Waals surface area (Å²) in [5.41, 5.74) is 0. The largest absolute Gasteiger partial charge is 0.444 e. The highest BCUT2D eigenvalue weighted by Gasteiger charge is 2.27. The van der Waals surface area contributed by atoms with E-state index in [0.717, 1.165) is 44.1 Å². The van der Waals surface area contributed by atoms with Crippen LogP contribution < -0.4 is 0 Å². The fraction of sp³-hybridized carbons (Fsp3) is 0.706. The summed E-state index contributed by atoms with van der Waals surface area (Å²) >= 11 is 0. The van der Waals surface area contributed by atoms with Crippen LogP contribution in [0, 0.1) is 28.6 Å². The van der Waals surface area contributed by atoms with Gasteiger partial charge in [0.15, 0.2) is 0 Å². The second kappa shape index (κ2) is 8.67. The standard InChI is InChI=1S/C17H25N5O/c1-3-16-10-20-17(23-16)13-21(2)15-6-8-22(12-15)11-14(9-19)5-4-7-18/h10,14-15H,3-6,8,11-13H2,1-2H3/t14-,15+/m0/s1. The SMILES string of the molecule is CCc1cnc(CN(C)[C@@H]2CCN(C[C@H](C#N)CCC#N)C2)o1. The number of likely N-dealkylation sites (N-methyl/N-ethyl adjacent to an activating group) is 1. The molecule has 124 valence electrons. The Kier molecular flexibility index (Phi) is 6.58. The van der Waals surface area contributed by atoms with Crippen LogP contribution in [0.5, 0.6) is 0 Å². The Morgan fingerprint density at radius 3 is 3.00 bits per heavy atom. The van der Waals surface area contributed by atoms with Crippen molar-refractivity contribution < 1.29 is 4.42 Å². The van der Waals surface area contributed by atoms with Crippen LogP contribution in [0.25, 0.3) is 0 Å². The highest BCUT2D eigenvalue weighted by Crippen LogP contribution is 2.19. The molecule has 0 aromatic carbocycles. The molecule has 6 nitrogen and oxygen atoms in total. The molecule has 0 saturated carbocycles. The third kappa shape index (κ3) is 5.06. The lowest BCUT2D eigenvalue weighted by molar-refractivity contribution is 0.201. The van der Waals surface area contributed by atoms with Gasteiger partial charge in [0.25, 0.3) is 0 Å². The maximum Gasteiger partial charge on any atom is 0.208 e. The molecule has 1 aliphatic heterocycles. The highest BCUT2D eigenvalue weighted by atomic mass is 16.4. The van der Waals surface area contributed by atoms with Crippen LogP contribution >= 0.6 is 0 Å². The first kappa shape index (κ1) is 17.5. The normalized spacial score (nSPS) is 19.6. The minimum Gasteiger partial charge on any atom is -0.444 e. The Bertz CT molecular complexity index is 570. The summed E-state index contributed by atoms with van der Waals surface area (Å²) in [5, 5.41) is 17.8. The van der Waals surface area contributed by atoms with Crippen molar-refractivity contribution in [1.82, 2.24) is 14.8 Å². The molecular formula is C17H25N5O. The first-order valence-corrected chi connectivity index (χ1v) is 8.29. The number of nitriles is 2. The van der Waals surface area contributed by atoms with E-state index in [0.29, 0.717) is 25.4 Å². The van der Waals surface area contributed by atoms with Crippen LogP contribution in [-0.2, 0) is 13.0 Å². The van der Waals surface area contributed by atoms with Gasteiger partial charge in [-0.2, -0.15) is 10.5 Å². The maximum absolute atomic E-state index is 9.19. The lowest BCUT2D eigenvalue weighted by Gasteiger charge is -2.24. The fourth-order valence-corrected chi connectivity index (χ4v) is 3.01. The first-order chi connectivity index (χ1) is 11.2. The van der Waals surface area contributed by atoms with Crippen molar-refractivity contribution in [2.24, 2.45) is 5.92 Å². The number of aryl methyl sites for hydroxylation is 1. The molecule has 2 rings (SSSR count). The van der Waals surface area contributed by atoms with Gasteiger partial charge in [-0.25, -0.2) is 4.98 Å². The van der Waals surface area contributed by atoms with Crippen molar-refractivity contribution in [3.05, 3.63) is 17.8 Å². The summed E-state index contributed by atoms with van der Waals surface area (Å²) in [7, 11) is 2.10. The van der Waals surface area contributed by atoms with E-state index < -0.39 is 0 Å². The predicted molar refractivity (Wildman–Crippen MR) is 86.1 cm³/mol. The molecule has 2 heterocycles. The van der Waals surface area contributed by atoms with Crippen molar-refractivity contribution >= 4 is 0 Å². The quantitative estimate of drug-likeness (QED) is 0.731. The second-order valence-electron chi connectivity index (χ2n) is 6.21. The zero-order valence-electron chi connectivity index (χ0n) is 14.0. The Balaban J connectivity index is 1.79. The first-order valence-electron chi connectivity index (χ1n) is 8.29. The molecule has 0 N–H and O–H groups in total. The Morgan fingerprint density at radius 2 is 2.35 bits per heavy atom. The lowest BCUT2D eigenvalue weighted by Crippen LogP contribution is -2.35. The summed E-state index contributed by atoms with van der Waals surface area (Å²) in [6, 6.07) is 4.91. The Hall–Kier alpha value is -1.89. The smallest absolute Gasteiger partial charge is 0.208 e. The summed E-state index contributed by atoms with van der Waals surface area (Å²) in [4.78, 5) is 8.93. The zero-order chi connectivity index (χ0) is 16.7. The van der Waals surface area contributed by atoms with Crippen molar-refractivity contribution in [3.8, 4) is 12.1 Å². The van der Waals surface area contributed by atoms with E-state index in [2.05, 4.69) is 40.9 Å². The molecule has 0 aliphatic carbocycles. The number of hydrogen-bond donors (Lipinski definition) is 0. The minimum absolute atomic E-state index is 0.0439. The van der Waals surface area contributed by atoms with Crippen LogP contribution in [0.15, 0.2) is 10.6 Å². The van der Waals surface area contributed by atoms with Crippen LogP contribution in [-0.4, -0.2) is 47.5 Å². The average molecular weight is 315 g/mol. The molecule has 1 aromatic heterocycles. The average Bonchev–Trinajstić information content (AvgIpc) is 3.20. The van der Waals surface area contributed by atoms with Crippen LogP contribution in [0.3, 0.4) is 0 Å². The van der Waals surface area contributed by atoms with Crippen molar-refractivity contribution in [3.63, 3.8) is 0 Å². The van der Waals surface area contributed by atoms with Crippen molar-refractivity contribution in [2.75, 3.05) is 26.7 Å². The van der Waals surface area contributed by atoms with Gasteiger partial charge in [0.05, 0.1) is 30.8 Å². The summed E-state index contributed by atoms with van der Waals surface area (Å²) in [6.45, 7) is 5.50. The van der Waals surface area contributed by atoms with Gasteiger partial charge < -0.3 is 9.32 Å². The molecule has 0 unspecified atom stereocenters. The number of oxazole rings is 1. The molecular weight excluding hydrogens is 290 g/mol. The van der Waals surface area contributed by atoms with Crippen LogP contribution in [0.1, 0.15) is 37.8 Å².